The van der Waals surface area contributed by atoms with Gasteiger partial charge in [0.05, 0.1) is 0 Å². The van der Waals surface area contributed by atoms with E-state index in [-0.39, 0.29) is 0 Å². The molecule has 0 unspecified atom stereocenters. The van der Waals surface area contributed by atoms with E-state index in [1.165, 1.54) is 11.1 Å². The highest BCUT2D eigenvalue weighted by molar-refractivity contribution is 5.47. The molecule has 1 amide bonds. The van der Waals surface area contributed by atoms with Crippen LogP contribution in [0.2, 0.25) is 0 Å². The van der Waals surface area contributed by atoms with E-state index in [4.69, 9.17) is 0 Å². The molecule has 1 N–H and O–H groups in total. The first-order chi connectivity index (χ1) is 5.74. The molecule has 0 aliphatic heterocycles. The minimum atomic E-state index is 0.565. The predicted molar refractivity (Wildman–Crippen MR) is 48.4 cm³/mol. The summed E-state index contributed by atoms with van der Waals surface area (Å²) < 4.78 is 0. The van der Waals surface area contributed by atoms with E-state index >= 15 is 0 Å². The van der Waals surface area contributed by atoms with Gasteiger partial charge in [0.2, 0.25) is 0 Å². The number of hydrogen-bond donors (Lipinski definition) is 1. The van der Waals surface area contributed by atoms with Gasteiger partial charge < -0.3 is 5.32 Å². The summed E-state index contributed by atoms with van der Waals surface area (Å²) in [6.45, 7) is 4.65. The first kappa shape index (κ1) is 8.78. The summed E-state index contributed by atoms with van der Waals surface area (Å²) in [7, 11) is 0. The number of aryl methyl sites for hydroxylation is 2. The Kier molecular flexibility index (Phi) is 2.86. The van der Waals surface area contributed by atoms with Crippen LogP contribution in [-0.4, -0.2) is 6.41 Å². The molecule has 0 saturated heterocycles. The molecule has 1 aromatic rings. The lowest BCUT2D eigenvalue weighted by Gasteiger charge is -2.04. The topological polar surface area (TPSA) is 29.1 Å². The van der Waals surface area contributed by atoms with Crippen molar-refractivity contribution in [3.63, 3.8) is 0 Å². The predicted octanol–water partition coefficient (Wildman–Crippen LogP) is 1.46. The quantitative estimate of drug-likeness (QED) is 0.670. The average molecular weight is 162 g/mol. The first-order valence-electron chi connectivity index (χ1n) is 3.90. The largest absolute Gasteiger partial charge is 0.344 e. The second kappa shape index (κ2) is 3.90. The Morgan fingerprint density at radius 1 is 1.42 bits per heavy atom. The molecule has 1 aromatic carbocycles. The molecule has 0 fully saturated rings. The molecule has 0 aromatic heterocycles. The molecule has 1 radical (unpaired) electrons. The summed E-state index contributed by atoms with van der Waals surface area (Å²) in [5.41, 5.74) is 3.59. The highest BCUT2D eigenvalue weighted by atomic mass is 16.1. The standard InChI is InChI=1S/C10H12NO/c1-8-3-4-10(6-11-7-12)9(2)5-8/h3-5H,6H2,1-2H3,(H,11,12). The van der Waals surface area contributed by atoms with E-state index < -0.39 is 0 Å². The van der Waals surface area contributed by atoms with Gasteiger partial charge in [0, 0.05) is 6.54 Å². The number of benzene rings is 1. The van der Waals surface area contributed by atoms with Crippen molar-refractivity contribution in [2.75, 3.05) is 0 Å². The highest BCUT2D eigenvalue weighted by Crippen LogP contribution is 2.09. The summed E-state index contributed by atoms with van der Waals surface area (Å²) in [5.74, 6) is 0. The summed E-state index contributed by atoms with van der Waals surface area (Å²) >= 11 is 0. The molecule has 12 heavy (non-hydrogen) atoms. The lowest BCUT2D eigenvalue weighted by molar-refractivity contribution is 0.542. The minimum absolute atomic E-state index is 0.565. The van der Waals surface area contributed by atoms with Gasteiger partial charge in [-0.2, -0.15) is 0 Å². The third-order valence-corrected chi connectivity index (χ3v) is 1.85. The van der Waals surface area contributed by atoms with Crippen LogP contribution in [0.1, 0.15) is 16.7 Å². The number of carbonyl (C=O) groups excluding carboxylic acids is 1. The monoisotopic (exact) mass is 162 g/mol. The van der Waals surface area contributed by atoms with Crippen molar-refractivity contribution in [2.45, 2.75) is 20.4 Å². The average Bonchev–Trinajstić information content (AvgIpc) is 2.03. The van der Waals surface area contributed by atoms with E-state index in [2.05, 4.69) is 18.3 Å². The Hall–Kier alpha value is -1.31. The van der Waals surface area contributed by atoms with E-state index in [1.807, 2.05) is 19.1 Å². The van der Waals surface area contributed by atoms with Crippen molar-refractivity contribution in [3.8, 4) is 0 Å². The molecule has 0 saturated carbocycles. The molecule has 0 atom stereocenters. The molecular weight excluding hydrogens is 150 g/mol. The molecule has 63 valence electrons. The van der Waals surface area contributed by atoms with Crippen molar-refractivity contribution < 1.29 is 4.79 Å². The van der Waals surface area contributed by atoms with Crippen LogP contribution < -0.4 is 5.32 Å². The van der Waals surface area contributed by atoms with Gasteiger partial charge in [-0.15, -0.1) is 0 Å². The van der Waals surface area contributed by atoms with Gasteiger partial charge in [0.25, 0.3) is 0 Å². The molecule has 0 spiro atoms. The molecule has 0 heterocycles. The smallest absolute Gasteiger partial charge is 0.309 e. The molecule has 0 aliphatic carbocycles. The van der Waals surface area contributed by atoms with Crippen LogP contribution >= 0.6 is 0 Å². The van der Waals surface area contributed by atoms with Crippen LogP contribution in [0.3, 0.4) is 0 Å². The summed E-state index contributed by atoms with van der Waals surface area (Å²) in [5, 5.41) is 2.52. The Labute approximate surface area is 72.6 Å². The van der Waals surface area contributed by atoms with Crippen LogP contribution in [0, 0.1) is 13.8 Å². The fraction of sp³-hybridized carbons (Fsp3) is 0.300. The van der Waals surface area contributed by atoms with E-state index in [9.17, 15) is 4.79 Å². The zero-order valence-electron chi connectivity index (χ0n) is 7.35. The number of nitrogens with one attached hydrogen (secondary N) is 1. The lowest BCUT2D eigenvalue weighted by atomic mass is 10.1. The normalized spacial score (nSPS) is 9.50. The van der Waals surface area contributed by atoms with Gasteiger partial charge in [-0.3, -0.25) is 4.79 Å². The third-order valence-electron chi connectivity index (χ3n) is 1.85. The van der Waals surface area contributed by atoms with E-state index in [0.29, 0.717) is 6.54 Å². The van der Waals surface area contributed by atoms with Gasteiger partial charge in [-0.05, 0) is 25.0 Å². The molecule has 0 aliphatic rings. The van der Waals surface area contributed by atoms with Crippen LogP contribution in [0.25, 0.3) is 0 Å². The number of amides is 1. The number of hydrogen-bond acceptors (Lipinski definition) is 1. The van der Waals surface area contributed by atoms with Crippen molar-refractivity contribution in [3.05, 3.63) is 34.9 Å². The molecule has 1 rings (SSSR count). The Balaban J connectivity index is 2.78. The first-order valence-corrected chi connectivity index (χ1v) is 3.90. The maximum Gasteiger partial charge on any atom is 0.309 e. The zero-order valence-corrected chi connectivity index (χ0v) is 7.35. The van der Waals surface area contributed by atoms with Gasteiger partial charge in [-0.1, -0.05) is 23.8 Å². The van der Waals surface area contributed by atoms with Crippen molar-refractivity contribution in [2.24, 2.45) is 0 Å². The Bertz CT molecular complexity index is 281. The van der Waals surface area contributed by atoms with Crippen molar-refractivity contribution in [1.82, 2.24) is 5.32 Å². The zero-order chi connectivity index (χ0) is 8.97. The second-order valence-electron chi connectivity index (χ2n) is 2.89. The van der Waals surface area contributed by atoms with Crippen molar-refractivity contribution in [1.29, 1.82) is 0 Å². The van der Waals surface area contributed by atoms with Crippen LogP contribution in [0.15, 0.2) is 18.2 Å². The molecule has 0 bridgehead atoms. The number of rotatable bonds is 3. The highest BCUT2D eigenvalue weighted by Gasteiger charge is 1.96. The van der Waals surface area contributed by atoms with Gasteiger partial charge in [0.1, 0.15) is 0 Å². The lowest BCUT2D eigenvalue weighted by Crippen LogP contribution is -2.10. The SMILES string of the molecule is Cc1ccc(CN[C]=O)c(C)c1. The fourth-order valence-corrected chi connectivity index (χ4v) is 1.18. The summed E-state index contributed by atoms with van der Waals surface area (Å²) in [6, 6.07) is 6.16. The van der Waals surface area contributed by atoms with Crippen LogP contribution in [-0.2, 0) is 11.3 Å². The summed E-state index contributed by atoms with van der Waals surface area (Å²) in [6.07, 6.45) is 1.66. The van der Waals surface area contributed by atoms with Crippen molar-refractivity contribution >= 4 is 6.41 Å². The van der Waals surface area contributed by atoms with Crippen LogP contribution in [0.5, 0.6) is 0 Å². The molecule has 2 nitrogen and oxygen atoms in total. The van der Waals surface area contributed by atoms with E-state index in [0.717, 1.165) is 5.56 Å². The van der Waals surface area contributed by atoms with Gasteiger partial charge in [0.15, 0.2) is 0 Å². The molecule has 2 heteroatoms. The van der Waals surface area contributed by atoms with Gasteiger partial charge >= 0.3 is 6.41 Å². The second-order valence-corrected chi connectivity index (χ2v) is 2.89. The van der Waals surface area contributed by atoms with Crippen LogP contribution in [0.4, 0.5) is 0 Å². The minimum Gasteiger partial charge on any atom is -0.344 e. The molecular formula is C10H12NO. The maximum atomic E-state index is 9.92. The summed E-state index contributed by atoms with van der Waals surface area (Å²) in [4.78, 5) is 9.92. The third kappa shape index (κ3) is 2.09. The van der Waals surface area contributed by atoms with E-state index in [1.54, 1.807) is 6.41 Å². The maximum absolute atomic E-state index is 9.92. The Morgan fingerprint density at radius 2 is 2.17 bits per heavy atom. The van der Waals surface area contributed by atoms with Gasteiger partial charge in [-0.25, -0.2) is 0 Å². The Morgan fingerprint density at radius 3 is 2.75 bits per heavy atom. The fourth-order valence-electron chi connectivity index (χ4n) is 1.18.